The Balaban J connectivity index is 1.26. The summed E-state index contributed by atoms with van der Waals surface area (Å²) >= 11 is 0. The number of carbonyl (C=O) groups is 3. The van der Waals surface area contributed by atoms with E-state index < -0.39 is 23.6 Å². The highest BCUT2D eigenvalue weighted by molar-refractivity contribution is 6.06. The number of hydrogen-bond donors (Lipinski definition) is 2. The number of ether oxygens (including phenoxy) is 3. The molecule has 0 spiro atoms. The van der Waals surface area contributed by atoms with E-state index in [1.165, 1.54) is 12.0 Å². The molecule has 51 heavy (non-hydrogen) atoms. The number of amides is 2. The standard InChI is InChI=1S/C35H39N9O7/c1-35(2,3)51-34(48)42-14-15-50-29-18-27(28(49-4)17-26(29)42)44-25-16-24(22-20-39-43-10-5-8-36-31(22)43)38-19-23(25)30(40-44)32(45)37-9-13-41-11-6-21(7-12-41)33(46)47/h5,8,10,16-21H,6-7,9,11-15H2,1-4H3,(H,37,45)(H,46,47). The minimum absolute atomic E-state index is 0.155. The molecule has 5 aromatic rings. The smallest absolute Gasteiger partial charge is 0.415 e. The van der Waals surface area contributed by atoms with E-state index in [1.807, 2.05) is 26.8 Å². The van der Waals surface area contributed by atoms with E-state index in [2.05, 4.69) is 20.3 Å². The summed E-state index contributed by atoms with van der Waals surface area (Å²) in [6.45, 7) is 8.19. The lowest BCUT2D eigenvalue weighted by molar-refractivity contribution is -0.143. The van der Waals surface area contributed by atoms with Crippen LogP contribution in [0.15, 0.2) is 49.1 Å². The van der Waals surface area contributed by atoms with E-state index >= 15 is 0 Å². The molecule has 0 bridgehead atoms. The maximum absolute atomic E-state index is 13.7. The average molecular weight is 698 g/mol. The number of carboxylic acid groups (broad SMARTS) is 1. The number of aromatic nitrogens is 6. The van der Waals surface area contributed by atoms with Crippen LogP contribution in [0.4, 0.5) is 10.5 Å². The normalized spacial score (nSPS) is 15.4. The second kappa shape index (κ2) is 13.5. The van der Waals surface area contributed by atoms with Gasteiger partial charge in [-0.25, -0.2) is 19.0 Å². The SMILES string of the molecule is COc1cc2c(cc1-n1nc(C(=O)NCCN3CCC(C(=O)O)CC3)c3cnc(-c4cnn5cccnc45)cc31)OCCN2C(=O)OC(C)(C)C. The molecule has 0 aliphatic carbocycles. The Labute approximate surface area is 292 Å². The molecule has 6 heterocycles. The summed E-state index contributed by atoms with van der Waals surface area (Å²) in [6, 6.07) is 7.04. The Kier molecular flexibility index (Phi) is 8.93. The van der Waals surface area contributed by atoms with E-state index in [-0.39, 0.29) is 18.2 Å². The third kappa shape index (κ3) is 6.73. The topological polar surface area (TPSA) is 179 Å². The molecule has 0 atom stereocenters. The Morgan fingerprint density at radius 3 is 2.61 bits per heavy atom. The summed E-state index contributed by atoms with van der Waals surface area (Å²) in [4.78, 5) is 51.1. The van der Waals surface area contributed by atoms with Crippen molar-refractivity contribution < 1.29 is 33.7 Å². The number of nitrogens with zero attached hydrogens (tertiary/aromatic N) is 8. The molecule has 266 valence electrons. The Bertz CT molecular complexity index is 2130. The molecule has 2 aliphatic heterocycles. The Morgan fingerprint density at radius 2 is 1.86 bits per heavy atom. The summed E-state index contributed by atoms with van der Waals surface area (Å²) in [5, 5.41) is 22.0. The van der Waals surface area contributed by atoms with E-state index in [0.717, 1.165) is 0 Å². The summed E-state index contributed by atoms with van der Waals surface area (Å²) in [5.41, 5.74) is 2.86. The fourth-order valence-corrected chi connectivity index (χ4v) is 6.40. The molecule has 0 saturated carbocycles. The van der Waals surface area contributed by atoms with E-state index in [4.69, 9.17) is 24.3 Å². The molecular formula is C35H39N9O7. The zero-order valence-electron chi connectivity index (χ0n) is 28.8. The number of hydrogen-bond acceptors (Lipinski definition) is 11. The van der Waals surface area contributed by atoms with Crippen LogP contribution in [-0.2, 0) is 9.53 Å². The number of piperidine rings is 1. The van der Waals surface area contributed by atoms with Crippen LogP contribution in [0.3, 0.4) is 0 Å². The van der Waals surface area contributed by atoms with Crippen LogP contribution in [0, 0.1) is 5.92 Å². The van der Waals surface area contributed by atoms with Crippen LogP contribution in [-0.4, -0.2) is 109 Å². The molecule has 2 N–H and O–H groups in total. The first kappa shape index (κ1) is 33.7. The molecule has 16 nitrogen and oxygen atoms in total. The van der Waals surface area contributed by atoms with Gasteiger partial charge in [0.15, 0.2) is 11.3 Å². The predicted octanol–water partition coefficient (Wildman–Crippen LogP) is 3.80. The van der Waals surface area contributed by atoms with E-state index in [0.29, 0.717) is 96.2 Å². The van der Waals surface area contributed by atoms with Crippen molar-refractivity contribution in [1.82, 2.24) is 39.6 Å². The van der Waals surface area contributed by atoms with Gasteiger partial charge in [-0.3, -0.25) is 19.5 Å². The van der Waals surface area contributed by atoms with Gasteiger partial charge in [0.2, 0.25) is 0 Å². The number of carbonyl (C=O) groups excluding carboxylic acids is 2. The fraction of sp³-hybridized carbons (Fsp3) is 0.400. The maximum Gasteiger partial charge on any atom is 0.415 e. The first-order chi connectivity index (χ1) is 24.5. The monoisotopic (exact) mass is 697 g/mol. The first-order valence-corrected chi connectivity index (χ1v) is 16.8. The molecule has 1 aromatic carbocycles. The minimum Gasteiger partial charge on any atom is -0.494 e. The van der Waals surface area contributed by atoms with Crippen molar-refractivity contribution >= 4 is 40.2 Å². The van der Waals surface area contributed by atoms with Crippen molar-refractivity contribution in [3.63, 3.8) is 0 Å². The van der Waals surface area contributed by atoms with Crippen LogP contribution < -0.4 is 19.7 Å². The first-order valence-electron chi connectivity index (χ1n) is 16.8. The lowest BCUT2D eigenvalue weighted by Crippen LogP contribution is -2.41. The van der Waals surface area contributed by atoms with Crippen molar-refractivity contribution in [2.24, 2.45) is 5.92 Å². The summed E-state index contributed by atoms with van der Waals surface area (Å²) < 4.78 is 20.8. The van der Waals surface area contributed by atoms with Crippen LogP contribution in [0.25, 0.3) is 33.5 Å². The number of methoxy groups -OCH3 is 1. The average Bonchev–Trinajstić information content (AvgIpc) is 3.72. The lowest BCUT2D eigenvalue weighted by Gasteiger charge is -2.32. The molecule has 0 radical (unpaired) electrons. The van der Waals surface area contributed by atoms with Crippen LogP contribution >= 0.6 is 0 Å². The molecule has 7 rings (SSSR count). The minimum atomic E-state index is -0.762. The molecule has 1 fully saturated rings. The van der Waals surface area contributed by atoms with Gasteiger partial charge in [-0.05, 0) is 58.8 Å². The molecule has 2 amide bonds. The third-order valence-corrected chi connectivity index (χ3v) is 8.95. The highest BCUT2D eigenvalue weighted by Gasteiger charge is 2.31. The molecule has 16 heteroatoms. The second-order valence-corrected chi connectivity index (χ2v) is 13.5. The lowest BCUT2D eigenvalue weighted by atomic mass is 9.97. The molecular weight excluding hydrogens is 658 g/mol. The van der Waals surface area contributed by atoms with Crippen molar-refractivity contribution in [3.8, 4) is 28.4 Å². The fourth-order valence-electron chi connectivity index (χ4n) is 6.40. The van der Waals surface area contributed by atoms with Gasteiger partial charge in [0, 0.05) is 43.8 Å². The molecule has 4 aromatic heterocycles. The zero-order valence-corrected chi connectivity index (χ0v) is 28.8. The van der Waals surface area contributed by atoms with Crippen molar-refractivity contribution in [2.75, 3.05) is 51.3 Å². The number of rotatable bonds is 8. The van der Waals surface area contributed by atoms with Gasteiger partial charge in [-0.1, -0.05) is 0 Å². The number of carboxylic acids is 1. The summed E-state index contributed by atoms with van der Waals surface area (Å²) in [6.07, 6.45) is 7.42. The Hall–Kier alpha value is -5.77. The van der Waals surface area contributed by atoms with Crippen molar-refractivity contribution in [1.29, 1.82) is 0 Å². The Morgan fingerprint density at radius 1 is 1.06 bits per heavy atom. The zero-order chi connectivity index (χ0) is 35.9. The number of fused-ring (bicyclic) bond motifs is 3. The quantitative estimate of drug-likeness (QED) is 0.240. The van der Waals surface area contributed by atoms with Crippen LogP contribution in [0.5, 0.6) is 11.5 Å². The number of aliphatic carboxylic acids is 1. The molecule has 0 unspecified atom stereocenters. The number of benzene rings is 1. The summed E-state index contributed by atoms with van der Waals surface area (Å²) in [5.74, 6) is -0.681. The number of nitrogens with one attached hydrogen (secondary N) is 1. The van der Waals surface area contributed by atoms with Gasteiger partial charge in [0.25, 0.3) is 5.91 Å². The van der Waals surface area contributed by atoms with Gasteiger partial charge < -0.3 is 29.5 Å². The van der Waals surface area contributed by atoms with E-state index in [9.17, 15) is 19.5 Å². The molecule has 2 aliphatic rings. The predicted molar refractivity (Wildman–Crippen MR) is 186 cm³/mol. The van der Waals surface area contributed by atoms with Crippen molar-refractivity contribution in [2.45, 2.75) is 39.2 Å². The summed E-state index contributed by atoms with van der Waals surface area (Å²) in [7, 11) is 1.52. The van der Waals surface area contributed by atoms with Gasteiger partial charge in [-0.2, -0.15) is 10.2 Å². The number of pyridine rings is 1. The van der Waals surface area contributed by atoms with Gasteiger partial charge >= 0.3 is 12.1 Å². The highest BCUT2D eigenvalue weighted by Crippen LogP contribution is 2.41. The van der Waals surface area contributed by atoms with Gasteiger partial charge in [-0.15, -0.1) is 0 Å². The second-order valence-electron chi connectivity index (χ2n) is 13.5. The van der Waals surface area contributed by atoms with Crippen LogP contribution in [0.2, 0.25) is 0 Å². The van der Waals surface area contributed by atoms with Gasteiger partial charge in [0.1, 0.15) is 29.4 Å². The van der Waals surface area contributed by atoms with Crippen LogP contribution in [0.1, 0.15) is 44.1 Å². The maximum atomic E-state index is 13.7. The third-order valence-electron chi connectivity index (χ3n) is 8.95. The van der Waals surface area contributed by atoms with Crippen molar-refractivity contribution in [3.05, 3.63) is 54.7 Å². The van der Waals surface area contributed by atoms with Gasteiger partial charge in [0.05, 0.1) is 53.6 Å². The highest BCUT2D eigenvalue weighted by atomic mass is 16.6. The molecule has 1 saturated heterocycles. The largest absolute Gasteiger partial charge is 0.494 e. The number of anilines is 1. The number of likely N-dealkylation sites (tertiary alicyclic amines) is 1. The van der Waals surface area contributed by atoms with E-state index in [1.54, 1.807) is 52.2 Å².